The van der Waals surface area contributed by atoms with Gasteiger partial charge in [0, 0.05) is 0 Å². The van der Waals surface area contributed by atoms with Crippen LogP contribution >= 0.6 is 24.8 Å². The molecule has 0 radical (unpaired) electrons. The summed E-state index contributed by atoms with van der Waals surface area (Å²) in [6.45, 7) is 2.55. The Balaban J connectivity index is 0.00000120. The van der Waals surface area contributed by atoms with E-state index in [9.17, 15) is 0 Å². The molecule has 0 bridgehead atoms. The average Bonchev–Trinajstić information content (AvgIpc) is 3.34. The van der Waals surface area contributed by atoms with Crippen molar-refractivity contribution in [2.75, 3.05) is 0 Å². The molecule has 0 nitrogen and oxygen atoms in total. The monoisotopic (exact) mass is 612 g/mol. The summed E-state index contributed by atoms with van der Waals surface area (Å²) in [4.78, 5) is 0. The number of benzene rings is 1. The van der Waals surface area contributed by atoms with Crippen LogP contribution in [-0.2, 0) is 17.1 Å². The molecular formula is C25H34Cl2HfSi. The van der Waals surface area contributed by atoms with Gasteiger partial charge in [0.15, 0.2) is 0 Å². The Morgan fingerprint density at radius 1 is 0.759 bits per heavy atom. The second-order valence-corrected chi connectivity index (χ2v) is 48.3. The molecule has 4 heteroatoms. The summed E-state index contributed by atoms with van der Waals surface area (Å²) in [7, 11) is 0. The quantitative estimate of drug-likeness (QED) is 0.338. The Kier molecular flexibility index (Phi) is 7.11. The first-order valence-electron chi connectivity index (χ1n) is 10.9. The van der Waals surface area contributed by atoms with E-state index in [4.69, 9.17) is 0 Å². The first-order chi connectivity index (χ1) is 13.1. The molecule has 0 saturated heterocycles. The maximum absolute atomic E-state index is 3.47. The minimum atomic E-state index is -3.47. The van der Waals surface area contributed by atoms with Gasteiger partial charge in [0.2, 0.25) is 0 Å². The first-order valence-corrected chi connectivity index (χ1v) is 28.8. The van der Waals surface area contributed by atoms with Crippen molar-refractivity contribution in [3.8, 4) is 0 Å². The number of hydrogen-bond donors (Lipinski definition) is 0. The van der Waals surface area contributed by atoms with Crippen LogP contribution in [0.15, 0.2) is 77.9 Å². The molecule has 0 aromatic heterocycles. The van der Waals surface area contributed by atoms with E-state index in [0.29, 0.717) is 0 Å². The molecule has 2 fully saturated rings. The molecule has 0 amide bonds. The summed E-state index contributed by atoms with van der Waals surface area (Å²) >= 11 is -3.47. The molecule has 29 heavy (non-hydrogen) atoms. The number of fused-ring (bicyclic) bond motifs is 2. The molecule has 4 unspecified atom stereocenters. The number of halogens is 2. The molecule has 4 atom stereocenters. The Morgan fingerprint density at radius 3 is 1.72 bits per heavy atom. The predicted molar refractivity (Wildman–Crippen MR) is 132 cm³/mol. The summed E-state index contributed by atoms with van der Waals surface area (Å²) in [6.07, 6.45) is 22.9. The fraction of sp³-hybridized carbons (Fsp3) is 0.440. The van der Waals surface area contributed by atoms with Crippen molar-refractivity contribution < 1.29 is 17.1 Å². The topological polar surface area (TPSA) is 0 Å². The van der Waals surface area contributed by atoms with Crippen LogP contribution in [0.2, 0.25) is 12.0 Å². The van der Waals surface area contributed by atoms with E-state index in [1.54, 1.807) is 3.32 Å². The average molecular weight is 612 g/mol. The summed E-state index contributed by atoms with van der Waals surface area (Å²) in [5.74, 6) is 1.67. The van der Waals surface area contributed by atoms with Crippen molar-refractivity contribution >= 4 is 35.1 Å². The molecule has 0 aliphatic heterocycles. The van der Waals surface area contributed by atoms with Crippen LogP contribution in [0.1, 0.15) is 38.5 Å². The zero-order valence-electron chi connectivity index (χ0n) is 17.4. The second kappa shape index (κ2) is 8.77. The van der Waals surface area contributed by atoms with E-state index in [1.807, 2.05) is 11.1 Å². The third-order valence-corrected chi connectivity index (χ3v) is 45.5. The number of hydrogen-bond acceptors (Lipinski definition) is 0. The molecule has 2 saturated carbocycles. The molecule has 0 spiro atoms. The molecule has 4 aliphatic carbocycles. The summed E-state index contributed by atoms with van der Waals surface area (Å²) in [5, 5.41) is 0. The van der Waals surface area contributed by atoms with Crippen LogP contribution in [0.25, 0.3) is 0 Å². The summed E-state index contributed by atoms with van der Waals surface area (Å²) in [6, 6.07) is 11.9. The molecule has 5 rings (SSSR count). The van der Waals surface area contributed by atoms with Gasteiger partial charge in [0.25, 0.3) is 0 Å². The van der Waals surface area contributed by atoms with Crippen molar-refractivity contribution in [1.29, 1.82) is 0 Å². The van der Waals surface area contributed by atoms with Crippen molar-refractivity contribution in [2.24, 2.45) is 11.8 Å². The summed E-state index contributed by atoms with van der Waals surface area (Å²) < 4.78 is 6.36. The van der Waals surface area contributed by atoms with Crippen LogP contribution in [0.3, 0.4) is 0 Å². The van der Waals surface area contributed by atoms with Gasteiger partial charge >= 0.3 is 168 Å². The first kappa shape index (κ1) is 23.5. The molecule has 156 valence electrons. The Bertz CT molecular complexity index is 891. The Morgan fingerprint density at radius 2 is 1.24 bits per heavy atom. The van der Waals surface area contributed by atoms with Crippen LogP contribution in [-0.4, -0.2) is 6.94 Å². The van der Waals surface area contributed by atoms with E-state index in [-0.39, 0.29) is 24.8 Å². The van der Waals surface area contributed by atoms with Gasteiger partial charge in [-0.1, -0.05) is 0 Å². The number of rotatable bonds is 3. The fourth-order valence-corrected chi connectivity index (χ4v) is 41.0. The van der Waals surface area contributed by atoms with Crippen molar-refractivity contribution in [1.82, 2.24) is 0 Å². The van der Waals surface area contributed by atoms with Crippen molar-refractivity contribution in [3.05, 3.63) is 77.9 Å². The molecular weight excluding hydrogens is 578 g/mol. The van der Waals surface area contributed by atoms with Gasteiger partial charge in [-0.3, -0.25) is 0 Å². The van der Waals surface area contributed by atoms with E-state index in [2.05, 4.69) is 78.4 Å². The molecule has 1 aromatic carbocycles. The van der Waals surface area contributed by atoms with Crippen LogP contribution in [0.5, 0.6) is 0 Å². The van der Waals surface area contributed by atoms with Crippen LogP contribution in [0, 0.1) is 11.8 Å². The van der Waals surface area contributed by atoms with Gasteiger partial charge in [0.05, 0.1) is 0 Å². The van der Waals surface area contributed by atoms with Crippen molar-refractivity contribution in [2.45, 2.75) is 50.6 Å². The van der Waals surface area contributed by atoms with Gasteiger partial charge in [-0.15, -0.1) is 24.8 Å². The van der Waals surface area contributed by atoms with Gasteiger partial charge in [-0.05, 0) is 0 Å². The van der Waals surface area contributed by atoms with E-state index in [0.717, 1.165) is 19.2 Å². The maximum atomic E-state index is 2.85. The fourth-order valence-electron chi connectivity index (χ4n) is 7.12. The zero-order valence-corrected chi connectivity index (χ0v) is 24.1. The Hall–Kier alpha value is -0.153. The molecule has 0 heterocycles. The van der Waals surface area contributed by atoms with Gasteiger partial charge in [0.1, 0.15) is 0 Å². The van der Waals surface area contributed by atoms with E-state index < -0.39 is 17.1 Å². The SMILES string of the molecule is Cl.Cl.[CH3][Hf](=[SiH2])([c]1ccccc1)([CH]1CCC2CC=CC=C21)[CH]1CCC2CC=CC=C21. The van der Waals surface area contributed by atoms with E-state index in [1.165, 1.54) is 38.5 Å². The predicted octanol–water partition coefficient (Wildman–Crippen LogP) is 6.61. The molecule has 0 N–H and O–H groups in total. The Labute approximate surface area is 191 Å². The second-order valence-electron chi connectivity index (χ2n) is 9.90. The van der Waals surface area contributed by atoms with E-state index >= 15 is 0 Å². The van der Waals surface area contributed by atoms with Crippen molar-refractivity contribution in [3.63, 3.8) is 0 Å². The summed E-state index contributed by atoms with van der Waals surface area (Å²) in [5.41, 5.74) is 3.68. The van der Waals surface area contributed by atoms with Crippen LogP contribution in [0.4, 0.5) is 0 Å². The molecule has 1 aromatic rings. The third-order valence-electron chi connectivity index (χ3n) is 8.59. The van der Waals surface area contributed by atoms with Gasteiger partial charge in [-0.2, -0.15) is 0 Å². The third kappa shape index (κ3) is 3.60. The van der Waals surface area contributed by atoms with Gasteiger partial charge < -0.3 is 0 Å². The van der Waals surface area contributed by atoms with Crippen LogP contribution < -0.4 is 3.32 Å². The standard InChI is InChI=1S/2C9H11.C6H5.CH3.2ClH.Hf.H2Si/c2*1-2-5-9-7-3-6-8(9)4-1;1-2-4-6-5-3-1;;;;;/h2*1-2,4,6,9H,3,5,7H2;1-5H;1H3;2*1H;;1H2. The zero-order chi connectivity index (χ0) is 18.5. The van der Waals surface area contributed by atoms with Gasteiger partial charge in [-0.25, -0.2) is 0 Å². The normalized spacial score (nSPS) is 30.4. The molecule has 4 aliphatic rings. The minimum absolute atomic E-state index is 0. The number of allylic oxidation sites excluding steroid dienone is 8.